The summed E-state index contributed by atoms with van der Waals surface area (Å²) in [6, 6.07) is 8.30. The minimum atomic E-state index is 0.385. The van der Waals surface area contributed by atoms with Gasteiger partial charge in [-0.2, -0.15) is 0 Å². The van der Waals surface area contributed by atoms with Gasteiger partial charge in [-0.05, 0) is 49.3 Å². The van der Waals surface area contributed by atoms with Crippen molar-refractivity contribution in [2.45, 2.75) is 12.6 Å². The number of thiophene rings is 1. The van der Waals surface area contributed by atoms with Crippen LogP contribution in [0.25, 0.3) is 0 Å². The number of nitrogens with one attached hydrogen (secondary N) is 1. The SMILES string of the molecule is CN(C)C(CNCc1ccc(Cl)o1)c1cccs1. The molecule has 98 valence electrons. The van der Waals surface area contributed by atoms with Gasteiger partial charge in [0, 0.05) is 11.4 Å². The molecule has 1 unspecified atom stereocenters. The summed E-state index contributed by atoms with van der Waals surface area (Å²) in [4.78, 5) is 3.58. The van der Waals surface area contributed by atoms with Gasteiger partial charge in [-0.3, -0.25) is 0 Å². The van der Waals surface area contributed by atoms with Crippen LogP contribution in [0.15, 0.2) is 34.1 Å². The smallest absolute Gasteiger partial charge is 0.193 e. The molecule has 0 fully saturated rings. The fraction of sp³-hybridized carbons (Fsp3) is 0.385. The van der Waals surface area contributed by atoms with Crippen molar-refractivity contribution in [3.63, 3.8) is 0 Å². The minimum absolute atomic E-state index is 0.385. The van der Waals surface area contributed by atoms with E-state index in [4.69, 9.17) is 16.0 Å². The molecule has 0 aliphatic rings. The fourth-order valence-corrected chi connectivity index (χ4v) is 2.88. The van der Waals surface area contributed by atoms with Crippen LogP contribution in [-0.2, 0) is 6.54 Å². The molecule has 0 aliphatic carbocycles. The summed E-state index contributed by atoms with van der Waals surface area (Å²) in [5.74, 6) is 0.865. The molecule has 18 heavy (non-hydrogen) atoms. The third kappa shape index (κ3) is 3.59. The highest BCUT2D eigenvalue weighted by atomic mass is 35.5. The highest BCUT2D eigenvalue weighted by molar-refractivity contribution is 7.10. The summed E-state index contributed by atoms with van der Waals surface area (Å²) in [7, 11) is 4.19. The number of nitrogens with zero attached hydrogens (tertiary/aromatic N) is 1. The van der Waals surface area contributed by atoms with Crippen molar-refractivity contribution in [1.29, 1.82) is 0 Å². The molecule has 2 heterocycles. The number of hydrogen-bond donors (Lipinski definition) is 1. The average Bonchev–Trinajstić information content (AvgIpc) is 2.95. The quantitative estimate of drug-likeness (QED) is 0.881. The second-order valence-corrected chi connectivity index (χ2v) is 5.68. The van der Waals surface area contributed by atoms with Crippen molar-refractivity contribution in [2.24, 2.45) is 0 Å². The summed E-state index contributed by atoms with van der Waals surface area (Å²) >= 11 is 7.52. The molecule has 0 aliphatic heterocycles. The molecule has 5 heteroatoms. The second-order valence-electron chi connectivity index (χ2n) is 4.33. The summed E-state index contributed by atoms with van der Waals surface area (Å²) in [5, 5.41) is 5.95. The van der Waals surface area contributed by atoms with E-state index in [1.807, 2.05) is 6.07 Å². The van der Waals surface area contributed by atoms with Gasteiger partial charge in [-0.25, -0.2) is 0 Å². The van der Waals surface area contributed by atoms with Gasteiger partial charge in [-0.15, -0.1) is 11.3 Å². The Morgan fingerprint density at radius 1 is 1.39 bits per heavy atom. The maximum absolute atomic E-state index is 5.73. The summed E-state index contributed by atoms with van der Waals surface area (Å²) < 4.78 is 5.31. The van der Waals surface area contributed by atoms with Crippen molar-refractivity contribution < 1.29 is 4.42 Å². The number of halogens is 1. The number of furan rings is 1. The Labute approximate surface area is 116 Å². The Morgan fingerprint density at radius 2 is 2.22 bits per heavy atom. The first-order valence-corrected chi connectivity index (χ1v) is 7.07. The van der Waals surface area contributed by atoms with Crippen molar-refractivity contribution in [3.05, 3.63) is 45.5 Å². The van der Waals surface area contributed by atoms with E-state index in [-0.39, 0.29) is 0 Å². The first kappa shape index (κ1) is 13.6. The molecule has 1 N–H and O–H groups in total. The molecule has 0 saturated carbocycles. The summed E-state index contributed by atoms with van der Waals surface area (Å²) in [6.45, 7) is 1.58. The van der Waals surface area contributed by atoms with E-state index in [9.17, 15) is 0 Å². The zero-order valence-corrected chi connectivity index (χ0v) is 12.1. The van der Waals surface area contributed by atoms with Crippen LogP contribution in [-0.4, -0.2) is 25.5 Å². The zero-order chi connectivity index (χ0) is 13.0. The van der Waals surface area contributed by atoms with Gasteiger partial charge < -0.3 is 14.6 Å². The van der Waals surface area contributed by atoms with E-state index >= 15 is 0 Å². The van der Waals surface area contributed by atoms with E-state index in [0.717, 1.165) is 12.3 Å². The van der Waals surface area contributed by atoms with E-state index in [0.29, 0.717) is 17.8 Å². The molecule has 3 nitrogen and oxygen atoms in total. The molecule has 2 aromatic heterocycles. The third-order valence-electron chi connectivity index (χ3n) is 2.76. The first-order chi connectivity index (χ1) is 8.66. The minimum Gasteiger partial charge on any atom is -0.448 e. The van der Waals surface area contributed by atoms with Gasteiger partial charge in [-0.1, -0.05) is 6.07 Å². The predicted molar refractivity (Wildman–Crippen MR) is 76.2 cm³/mol. The van der Waals surface area contributed by atoms with Crippen LogP contribution in [0, 0.1) is 0 Å². The van der Waals surface area contributed by atoms with E-state index < -0.39 is 0 Å². The molecule has 0 radical (unpaired) electrons. The number of rotatable bonds is 6. The van der Waals surface area contributed by atoms with Gasteiger partial charge in [0.05, 0.1) is 12.6 Å². The van der Waals surface area contributed by atoms with Crippen molar-refractivity contribution in [1.82, 2.24) is 10.2 Å². The molecule has 0 bridgehead atoms. The van der Waals surface area contributed by atoms with Crippen LogP contribution in [0.4, 0.5) is 0 Å². The molecule has 0 spiro atoms. The fourth-order valence-electron chi connectivity index (χ4n) is 1.80. The van der Waals surface area contributed by atoms with E-state index in [2.05, 4.69) is 41.8 Å². The molecule has 0 amide bonds. The Morgan fingerprint density at radius 3 is 2.78 bits per heavy atom. The number of likely N-dealkylation sites (N-methyl/N-ethyl adjacent to an activating group) is 1. The lowest BCUT2D eigenvalue weighted by molar-refractivity contribution is 0.289. The molecule has 1 atom stereocenters. The zero-order valence-electron chi connectivity index (χ0n) is 10.5. The topological polar surface area (TPSA) is 28.4 Å². The lowest BCUT2D eigenvalue weighted by Crippen LogP contribution is -2.30. The lowest BCUT2D eigenvalue weighted by Gasteiger charge is -2.23. The normalized spacial score (nSPS) is 13.1. The van der Waals surface area contributed by atoms with Gasteiger partial charge in [0.1, 0.15) is 5.76 Å². The average molecular weight is 285 g/mol. The van der Waals surface area contributed by atoms with Gasteiger partial charge in [0.15, 0.2) is 5.22 Å². The molecule has 0 saturated heterocycles. The Kier molecular flexibility index (Phi) is 4.83. The highest BCUT2D eigenvalue weighted by Crippen LogP contribution is 2.22. The third-order valence-corrected chi connectivity index (χ3v) is 3.94. The summed E-state index contributed by atoms with van der Waals surface area (Å²) in [5.41, 5.74) is 0. The van der Waals surface area contributed by atoms with Crippen LogP contribution >= 0.6 is 22.9 Å². The second kappa shape index (κ2) is 6.38. The summed E-state index contributed by atoms with van der Waals surface area (Å²) in [6.07, 6.45) is 0. The molecule has 2 rings (SSSR count). The Bertz CT molecular complexity index is 467. The molecule has 0 aromatic carbocycles. The van der Waals surface area contributed by atoms with Crippen LogP contribution in [0.5, 0.6) is 0 Å². The van der Waals surface area contributed by atoms with Crippen molar-refractivity contribution in [2.75, 3.05) is 20.6 Å². The van der Waals surface area contributed by atoms with E-state index in [1.165, 1.54) is 4.88 Å². The van der Waals surface area contributed by atoms with Gasteiger partial charge >= 0.3 is 0 Å². The van der Waals surface area contributed by atoms with Gasteiger partial charge in [0.2, 0.25) is 0 Å². The Balaban J connectivity index is 1.87. The van der Waals surface area contributed by atoms with Crippen LogP contribution in [0.3, 0.4) is 0 Å². The monoisotopic (exact) mass is 284 g/mol. The van der Waals surface area contributed by atoms with Crippen LogP contribution in [0.2, 0.25) is 5.22 Å². The first-order valence-electron chi connectivity index (χ1n) is 5.81. The molecule has 2 aromatic rings. The standard InChI is InChI=1S/C13H17ClN2OS/c1-16(2)11(12-4-3-7-18-12)9-15-8-10-5-6-13(14)17-10/h3-7,11,15H,8-9H2,1-2H3. The van der Waals surface area contributed by atoms with Crippen LogP contribution < -0.4 is 5.32 Å². The van der Waals surface area contributed by atoms with Crippen molar-refractivity contribution >= 4 is 22.9 Å². The lowest BCUT2D eigenvalue weighted by atomic mass is 10.2. The molecular weight excluding hydrogens is 268 g/mol. The van der Waals surface area contributed by atoms with Crippen LogP contribution in [0.1, 0.15) is 16.7 Å². The van der Waals surface area contributed by atoms with Crippen molar-refractivity contribution in [3.8, 4) is 0 Å². The largest absolute Gasteiger partial charge is 0.448 e. The number of hydrogen-bond acceptors (Lipinski definition) is 4. The van der Waals surface area contributed by atoms with Gasteiger partial charge in [0.25, 0.3) is 0 Å². The maximum atomic E-state index is 5.73. The highest BCUT2D eigenvalue weighted by Gasteiger charge is 2.14. The predicted octanol–water partition coefficient (Wildman–Crippen LogP) is 3.39. The van der Waals surface area contributed by atoms with E-state index in [1.54, 1.807) is 17.4 Å². The Hall–Kier alpha value is -0.810. The molecular formula is C13H17ClN2OS. The maximum Gasteiger partial charge on any atom is 0.193 e.